The smallest absolute Gasteiger partial charge is 1.00 e. The van der Waals surface area contributed by atoms with Gasteiger partial charge >= 0.3 is 107 Å². The normalized spacial score (nSPS) is 24.1. The van der Waals surface area contributed by atoms with E-state index in [1.165, 1.54) is 0 Å². The molecule has 8 heteroatoms. The molecule has 16 heavy (non-hydrogen) atoms. The fourth-order valence-corrected chi connectivity index (χ4v) is 2.12. The molecule has 0 radical (unpaired) electrons. The van der Waals surface area contributed by atoms with E-state index in [0.717, 1.165) is 25.7 Å². The van der Waals surface area contributed by atoms with Gasteiger partial charge in [-0.3, -0.25) is 0 Å². The van der Waals surface area contributed by atoms with Gasteiger partial charge in [0.25, 0.3) is 0 Å². The summed E-state index contributed by atoms with van der Waals surface area (Å²) in [5, 5.41) is 0. The third-order valence-electron chi connectivity index (χ3n) is 2.34. The third-order valence-corrected chi connectivity index (χ3v) is 3.47. The van der Waals surface area contributed by atoms with Crippen molar-refractivity contribution in [2.75, 3.05) is 6.61 Å². The van der Waals surface area contributed by atoms with E-state index < -0.39 is 7.74 Å². The molecule has 5 nitrogen and oxygen atoms in total. The van der Waals surface area contributed by atoms with Crippen LogP contribution in [0.25, 0.3) is 0 Å². The van der Waals surface area contributed by atoms with Gasteiger partial charge in [0.05, 0.1) is 0 Å². The summed E-state index contributed by atoms with van der Waals surface area (Å²) in [6.07, 6.45) is 4.23. The van der Waals surface area contributed by atoms with Gasteiger partial charge in [-0.25, -0.2) is 0 Å². The van der Waals surface area contributed by atoms with Crippen molar-refractivity contribution >= 4 is 48.2 Å². The zero-order valence-electron chi connectivity index (χ0n) is 11.4. The van der Waals surface area contributed by atoms with E-state index in [0.29, 0.717) is 5.92 Å². The van der Waals surface area contributed by atoms with Gasteiger partial charge in [0.1, 0.15) is 0 Å². The molecule has 1 saturated heterocycles. The van der Waals surface area contributed by atoms with Crippen LogP contribution in [0.4, 0.5) is 0 Å². The first-order chi connectivity index (χ1) is 6.48. The molecule has 1 fully saturated rings. The molecule has 1 rings (SSSR count). The Kier molecular flexibility index (Phi) is 9.75. The van der Waals surface area contributed by atoms with Crippen molar-refractivity contribution in [3.8, 4) is 0 Å². The van der Waals surface area contributed by atoms with Crippen LogP contribution >= 0.6 is 7.74 Å². The Morgan fingerprint density at radius 3 is 2.25 bits per heavy atom. The standard InChI is InChI=1S/C8H19O5P.Al.Mg.5H/c1-3-5-6-8(4-2)7-11-14(9,10)12-13-14;;;;;;;/h8-10H,3-7H2,1-2H3;;;;;;;/q;;+2;;;;2*-1. The van der Waals surface area contributed by atoms with Crippen LogP contribution in [-0.2, 0) is 13.9 Å². The summed E-state index contributed by atoms with van der Waals surface area (Å²) in [5.41, 5.74) is 0. The molecule has 1 aliphatic rings. The van der Waals surface area contributed by atoms with Gasteiger partial charge in [-0.1, -0.05) is 0 Å². The summed E-state index contributed by atoms with van der Waals surface area (Å²) in [5.74, 6) is 0.334. The number of unbranched alkanes of at least 4 members (excludes halogenated alkanes) is 1. The zero-order chi connectivity index (χ0) is 10.7. The van der Waals surface area contributed by atoms with Gasteiger partial charge in [-0.05, 0) is 0 Å². The fourth-order valence-electron chi connectivity index (χ4n) is 1.22. The largest absolute Gasteiger partial charge is 2.00 e. The molecule has 0 aromatic rings. The number of hydrogen-bond acceptors (Lipinski definition) is 5. The van der Waals surface area contributed by atoms with Crippen molar-refractivity contribution in [2.24, 2.45) is 5.92 Å². The van der Waals surface area contributed by atoms with Crippen LogP contribution in [0.15, 0.2) is 0 Å². The molecule has 0 aliphatic carbocycles. The van der Waals surface area contributed by atoms with Crippen LogP contribution in [0.1, 0.15) is 42.4 Å². The van der Waals surface area contributed by atoms with Gasteiger partial charge in [0.2, 0.25) is 0 Å². The SMILES string of the molecule is CCCCC(CC)COP1(O)(O)OO1.[AlH3].[H-].[H-].[Mg+2]. The quantitative estimate of drug-likeness (QED) is 0.315. The summed E-state index contributed by atoms with van der Waals surface area (Å²) in [6.45, 7) is 4.45. The van der Waals surface area contributed by atoms with Crippen LogP contribution in [0.2, 0.25) is 0 Å². The van der Waals surface area contributed by atoms with Crippen LogP contribution < -0.4 is 0 Å². The molecular weight excluding hydrogens is 258 g/mol. The molecule has 1 unspecified atom stereocenters. The molecule has 96 valence electrons. The van der Waals surface area contributed by atoms with E-state index in [1.54, 1.807) is 0 Å². The maximum absolute atomic E-state index is 9.18. The van der Waals surface area contributed by atoms with E-state index in [9.17, 15) is 9.79 Å². The van der Waals surface area contributed by atoms with Gasteiger partial charge in [0.15, 0.2) is 17.4 Å². The second kappa shape index (κ2) is 7.85. The van der Waals surface area contributed by atoms with E-state index in [4.69, 9.17) is 4.52 Å². The Labute approximate surface area is 126 Å². The van der Waals surface area contributed by atoms with Crippen LogP contribution in [0, 0.1) is 5.92 Å². The minimum Gasteiger partial charge on any atom is -1.00 e. The van der Waals surface area contributed by atoms with Crippen molar-refractivity contribution in [3.05, 3.63) is 0 Å². The Morgan fingerprint density at radius 2 is 1.88 bits per heavy atom. The first-order valence-corrected chi connectivity index (χ1v) is 6.94. The molecule has 0 spiro atoms. The Bertz CT molecular complexity index is 208. The van der Waals surface area contributed by atoms with E-state index in [-0.39, 0.29) is 49.9 Å². The zero-order valence-corrected chi connectivity index (χ0v) is 11.7. The minimum atomic E-state index is -4.48. The number of hydrogen-bond donors (Lipinski definition) is 2. The summed E-state index contributed by atoms with van der Waals surface area (Å²) in [4.78, 5) is 18.4. The topological polar surface area (TPSA) is 74.8 Å². The predicted molar refractivity (Wildman–Crippen MR) is 70.7 cm³/mol. The van der Waals surface area contributed by atoms with Crippen molar-refractivity contribution in [2.45, 2.75) is 39.5 Å². The monoisotopic (exact) mass is 282 g/mol. The molecule has 0 aromatic heterocycles. The Hall–Kier alpha value is 1.53. The summed E-state index contributed by atoms with van der Waals surface area (Å²) >= 11 is 0. The van der Waals surface area contributed by atoms with Crippen molar-refractivity contribution in [1.29, 1.82) is 0 Å². The first-order valence-electron chi connectivity index (χ1n) is 5.04. The van der Waals surface area contributed by atoms with Crippen LogP contribution in [0.5, 0.6) is 0 Å². The van der Waals surface area contributed by atoms with E-state index in [2.05, 4.69) is 16.3 Å². The molecule has 2 N–H and O–H groups in total. The van der Waals surface area contributed by atoms with Crippen molar-refractivity contribution in [3.63, 3.8) is 0 Å². The van der Waals surface area contributed by atoms with Crippen molar-refractivity contribution < 1.29 is 26.5 Å². The van der Waals surface area contributed by atoms with E-state index >= 15 is 0 Å². The molecule has 1 aliphatic heterocycles. The van der Waals surface area contributed by atoms with Crippen LogP contribution in [0.3, 0.4) is 0 Å². The van der Waals surface area contributed by atoms with Gasteiger partial charge in [-0.15, -0.1) is 0 Å². The third kappa shape index (κ3) is 7.07. The maximum atomic E-state index is 9.18. The Balaban J connectivity index is -0.000000245. The molecule has 1 atom stereocenters. The average Bonchev–Trinajstić information content (AvgIpc) is 2.79. The van der Waals surface area contributed by atoms with E-state index in [1.807, 2.05) is 6.92 Å². The number of rotatable bonds is 7. The summed E-state index contributed by atoms with van der Waals surface area (Å²) < 4.78 is 13.1. The first kappa shape index (κ1) is 19.9. The molecule has 0 aromatic carbocycles. The van der Waals surface area contributed by atoms with Gasteiger partial charge in [0, 0.05) is 0 Å². The minimum absolute atomic E-state index is 0. The average molecular weight is 283 g/mol. The van der Waals surface area contributed by atoms with Crippen LogP contribution in [-0.4, -0.2) is 56.8 Å². The second-order valence-electron chi connectivity index (χ2n) is 3.66. The van der Waals surface area contributed by atoms with Gasteiger partial charge < -0.3 is 2.85 Å². The second-order valence-corrected chi connectivity index (χ2v) is 5.83. The molecule has 0 saturated carbocycles. The molecule has 0 amide bonds. The van der Waals surface area contributed by atoms with Crippen molar-refractivity contribution in [1.82, 2.24) is 0 Å². The predicted octanol–water partition coefficient (Wildman–Crippen LogP) is 0.954. The molecular formula is C8H24AlMgO5P. The fraction of sp³-hybridized carbons (Fsp3) is 1.00. The molecule has 0 bridgehead atoms. The molecule has 1 heterocycles. The Morgan fingerprint density at radius 1 is 1.31 bits per heavy atom. The summed E-state index contributed by atoms with van der Waals surface area (Å²) in [7, 11) is -4.48. The maximum Gasteiger partial charge on any atom is 2.00 e. The van der Waals surface area contributed by atoms with Gasteiger partial charge in [-0.2, -0.15) is 0 Å². The summed E-state index contributed by atoms with van der Waals surface area (Å²) in [6, 6.07) is 0.